The molecule has 3 atom stereocenters. The van der Waals surface area contributed by atoms with Gasteiger partial charge in [0.1, 0.15) is 0 Å². The summed E-state index contributed by atoms with van der Waals surface area (Å²) in [4.78, 5) is 7.24. The molecule has 2 fully saturated rings. The van der Waals surface area contributed by atoms with E-state index < -0.39 is 0 Å². The van der Waals surface area contributed by atoms with E-state index >= 15 is 0 Å². The SMILES string of the molecule is CC1CC1CN(Cc1ccccn1)C1CCCNCC1.Cl. The summed E-state index contributed by atoms with van der Waals surface area (Å²) < 4.78 is 0. The van der Waals surface area contributed by atoms with E-state index in [4.69, 9.17) is 0 Å². The summed E-state index contributed by atoms with van der Waals surface area (Å²) in [5, 5.41) is 3.53. The van der Waals surface area contributed by atoms with Crippen molar-refractivity contribution in [3.8, 4) is 0 Å². The molecule has 1 saturated carbocycles. The molecule has 2 aliphatic rings. The van der Waals surface area contributed by atoms with E-state index in [0.29, 0.717) is 0 Å². The molecule has 3 nitrogen and oxygen atoms in total. The largest absolute Gasteiger partial charge is 0.317 e. The van der Waals surface area contributed by atoms with Crippen LogP contribution in [-0.4, -0.2) is 35.6 Å². The van der Waals surface area contributed by atoms with Gasteiger partial charge in [-0.05, 0) is 62.7 Å². The van der Waals surface area contributed by atoms with Crippen molar-refractivity contribution < 1.29 is 0 Å². The predicted molar refractivity (Wildman–Crippen MR) is 89.7 cm³/mol. The highest BCUT2D eigenvalue weighted by molar-refractivity contribution is 5.85. The van der Waals surface area contributed by atoms with Gasteiger partial charge < -0.3 is 5.32 Å². The minimum atomic E-state index is 0. The number of hydrogen-bond acceptors (Lipinski definition) is 3. The summed E-state index contributed by atoms with van der Waals surface area (Å²) in [6.07, 6.45) is 7.27. The second-order valence-electron chi connectivity index (χ2n) is 6.56. The zero-order valence-corrected chi connectivity index (χ0v) is 13.8. The molecule has 0 spiro atoms. The Morgan fingerprint density at radius 3 is 2.86 bits per heavy atom. The van der Waals surface area contributed by atoms with Crippen LogP contribution in [0.5, 0.6) is 0 Å². The molecule has 3 unspecified atom stereocenters. The first kappa shape index (κ1) is 16.7. The Kier molecular flexibility index (Phi) is 6.46. The zero-order valence-electron chi connectivity index (χ0n) is 13.0. The summed E-state index contributed by atoms with van der Waals surface area (Å²) in [5.74, 6) is 1.86. The maximum atomic E-state index is 4.53. The molecule has 1 aromatic rings. The van der Waals surface area contributed by atoms with Gasteiger partial charge in [0.25, 0.3) is 0 Å². The minimum Gasteiger partial charge on any atom is -0.317 e. The van der Waals surface area contributed by atoms with Crippen molar-refractivity contribution >= 4 is 12.4 Å². The normalized spacial score (nSPS) is 28.8. The zero-order chi connectivity index (χ0) is 13.8. The third kappa shape index (κ3) is 4.94. The van der Waals surface area contributed by atoms with Gasteiger partial charge >= 0.3 is 0 Å². The number of nitrogens with one attached hydrogen (secondary N) is 1. The van der Waals surface area contributed by atoms with E-state index in [1.54, 1.807) is 0 Å². The number of nitrogens with zero attached hydrogens (tertiary/aromatic N) is 2. The molecule has 1 saturated heterocycles. The van der Waals surface area contributed by atoms with Crippen LogP contribution in [0.25, 0.3) is 0 Å². The fourth-order valence-corrected chi connectivity index (χ4v) is 3.36. The number of hydrogen-bond donors (Lipinski definition) is 1. The van der Waals surface area contributed by atoms with Crippen molar-refractivity contribution in [3.05, 3.63) is 30.1 Å². The van der Waals surface area contributed by atoms with Crippen molar-refractivity contribution in [2.75, 3.05) is 19.6 Å². The van der Waals surface area contributed by atoms with Gasteiger partial charge in [0, 0.05) is 25.3 Å². The highest BCUT2D eigenvalue weighted by atomic mass is 35.5. The third-order valence-corrected chi connectivity index (χ3v) is 4.90. The fraction of sp³-hybridized carbons (Fsp3) is 0.706. The molecule has 2 heterocycles. The number of halogens is 1. The van der Waals surface area contributed by atoms with Crippen molar-refractivity contribution in [2.45, 2.75) is 45.2 Å². The highest BCUT2D eigenvalue weighted by Gasteiger charge is 2.35. The molecule has 0 radical (unpaired) electrons. The van der Waals surface area contributed by atoms with E-state index in [1.165, 1.54) is 51.0 Å². The molecule has 0 aromatic carbocycles. The molecule has 4 heteroatoms. The maximum Gasteiger partial charge on any atom is 0.0544 e. The lowest BCUT2D eigenvalue weighted by molar-refractivity contribution is 0.161. The smallest absolute Gasteiger partial charge is 0.0544 e. The number of pyridine rings is 1. The van der Waals surface area contributed by atoms with E-state index in [1.807, 2.05) is 12.3 Å². The van der Waals surface area contributed by atoms with Gasteiger partial charge in [0.15, 0.2) is 0 Å². The van der Waals surface area contributed by atoms with E-state index in [9.17, 15) is 0 Å². The van der Waals surface area contributed by atoms with E-state index in [-0.39, 0.29) is 12.4 Å². The predicted octanol–water partition coefficient (Wildman–Crippen LogP) is 3.10. The number of aromatic nitrogens is 1. The number of rotatable bonds is 5. The average molecular weight is 310 g/mol. The van der Waals surface area contributed by atoms with Crippen LogP contribution in [0.2, 0.25) is 0 Å². The van der Waals surface area contributed by atoms with Gasteiger partial charge in [-0.1, -0.05) is 13.0 Å². The van der Waals surface area contributed by atoms with E-state index in [2.05, 4.69) is 34.3 Å². The molecule has 118 valence electrons. The van der Waals surface area contributed by atoms with Gasteiger partial charge in [-0.25, -0.2) is 0 Å². The fourth-order valence-electron chi connectivity index (χ4n) is 3.36. The van der Waals surface area contributed by atoms with Crippen LogP contribution in [0, 0.1) is 11.8 Å². The molecule has 1 aromatic heterocycles. The Balaban J connectivity index is 0.00000161. The second kappa shape index (κ2) is 8.11. The average Bonchev–Trinajstić information content (AvgIpc) is 3.21. The lowest BCUT2D eigenvalue weighted by Gasteiger charge is -2.31. The Morgan fingerprint density at radius 2 is 2.14 bits per heavy atom. The molecule has 0 amide bonds. The van der Waals surface area contributed by atoms with Crippen LogP contribution in [0.15, 0.2) is 24.4 Å². The summed E-state index contributed by atoms with van der Waals surface area (Å²) in [6, 6.07) is 7.01. The van der Waals surface area contributed by atoms with Crippen molar-refractivity contribution in [1.82, 2.24) is 15.2 Å². The van der Waals surface area contributed by atoms with Crippen LogP contribution in [0.1, 0.15) is 38.3 Å². The standard InChI is InChI=1S/C17H27N3.ClH/c1-14-11-15(14)12-20(13-16-5-2-3-9-19-16)17-6-4-8-18-10-7-17;/h2-3,5,9,14-15,17-18H,4,6-8,10-13H2,1H3;1H. The molecule has 1 N–H and O–H groups in total. The molecule has 1 aliphatic carbocycles. The molecule has 1 aliphatic heterocycles. The monoisotopic (exact) mass is 309 g/mol. The van der Waals surface area contributed by atoms with E-state index in [0.717, 1.165) is 24.4 Å². The molecular formula is C17H28ClN3. The Morgan fingerprint density at radius 1 is 1.29 bits per heavy atom. The lowest BCUT2D eigenvalue weighted by atomic mass is 10.1. The molecule has 3 rings (SSSR count). The quantitative estimate of drug-likeness (QED) is 0.906. The lowest BCUT2D eigenvalue weighted by Crippen LogP contribution is -2.37. The van der Waals surface area contributed by atoms with Crippen molar-refractivity contribution in [2.24, 2.45) is 11.8 Å². The van der Waals surface area contributed by atoms with Gasteiger partial charge in [-0.3, -0.25) is 9.88 Å². The first-order chi connectivity index (χ1) is 9.83. The first-order valence-corrected chi connectivity index (χ1v) is 8.17. The van der Waals surface area contributed by atoms with Crippen LogP contribution < -0.4 is 5.32 Å². The Labute approximate surface area is 134 Å². The van der Waals surface area contributed by atoms with Gasteiger partial charge in [0.2, 0.25) is 0 Å². The van der Waals surface area contributed by atoms with Gasteiger partial charge in [0.05, 0.1) is 5.69 Å². The first-order valence-electron chi connectivity index (χ1n) is 8.17. The molecular weight excluding hydrogens is 282 g/mol. The van der Waals surface area contributed by atoms with Crippen LogP contribution >= 0.6 is 12.4 Å². The Bertz CT molecular complexity index is 404. The van der Waals surface area contributed by atoms with Crippen LogP contribution in [-0.2, 0) is 6.54 Å². The minimum absolute atomic E-state index is 0. The summed E-state index contributed by atoms with van der Waals surface area (Å²) >= 11 is 0. The van der Waals surface area contributed by atoms with Crippen molar-refractivity contribution in [1.29, 1.82) is 0 Å². The van der Waals surface area contributed by atoms with Gasteiger partial charge in [-0.15, -0.1) is 12.4 Å². The summed E-state index contributed by atoms with van der Waals surface area (Å²) in [7, 11) is 0. The second-order valence-corrected chi connectivity index (χ2v) is 6.56. The maximum absolute atomic E-state index is 4.53. The van der Waals surface area contributed by atoms with Crippen LogP contribution in [0.4, 0.5) is 0 Å². The molecule has 0 bridgehead atoms. The summed E-state index contributed by atoms with van der Waals surface area (Å²) in [5.41, 5.74) is 1.22. The Hall–Kier alpha value is -0.640. The van der Waals surface area contributed by atoms with Gasteiger partial charge in [-0.2, -0.15) is 0 Å². The highest BCUT2D eigenvalue weighted by Crippen LogP contribution is 2.39. The van der Waals surface area contributed by atoms with Crippen LogP contribution in [0.3, 0.4) is 0 Å². The topological polar surface area (TPSA) is 28.2 Å². The van der Waals surface area contributed by atoms with Crippen molar-refractivity contribution in [3.63, 3.8) is 0 Å². The molecule has 21 heavy (non-hydrogen) atoms. The summed E-state index contributed by atoms with van der Waals surface area (Å²) in [6.45, 7) is 7.03. The third-order valence-electron chi connectivity index (χ3n) is 4.90.